The molecule has 0 atom stereocenters. The molecule has 0 aromatic heterocycles. The van der Waals surface area contributed by atoms with E-state index in [0.717, 1.165) is 30.3 Å². The van der Waals surface area contributed by atoms with Gasteiger partial charge < -0.3 is 10.1 Å². The number of anilines is 1. The smallest absolute Gasteiger partial charge is 0.416 e. The molecule has 0 saturated carbocycles. The van der Waals surface area contributed by atoms with Crippen molar-refractivity contribution in [2.24, 2.45) is 0 Å². The monoisotopic (exact) mass is 375 g/mol. The molecule has 0 bridgehead atoms. The van der Waals surface area contributed by atoms with Gasteiger partial charge in [0.25, 0.3) is 5.91 Å². The van der Waals surface area contributed by atoms with Crippen molar-refractivity contribution in [1.82, 2.24) is 0 Å². The van der Waals surface area contributed by atoms with Crippen LogP contribution in [0.25, 0.3) is 0 Å². The molecule has 2 rings (SSSR count). The summed E-state index contributed by atoms with van der Waals surface area (Å²) in [5.74, 6) is -2.57. The topological polar surface area (TPSA) is 55.4 Å². The Bertz CT molecular complexity index is 791. The maximum atomic E-state index is 13.5. The van der Waals surface area contributed by atoms with Gasteiger partial charge in [0.2, 0.25) is 0 Å². The molecule has 1 N–H and O–H groups in total. The highest BCUT2D eigenvalue weighted by Crippen LogP contribution is 2.29. The summed E-state index contributed by atoms with van der Waals surface area (Å²) in [5, 5.41) is 2.32. The minimum atomic E-state index is -4.52. The van der Waals surface area contributed by atoms with Crippen LogP contribution < -0.4 is 5.32 Å². The Labute approximate surface area is 144 Å². The highest BCUT2D eigenvalue weighted by Gasteiger charge is 2.30. The van der Waals surface area contributed by atoms with E-state index in [9.17, 15) is 27.2 Å². The number of rotatable bonds is 4. The normalized spacial score (nSPS) is 11.1. The van der Waals surface area contributed by atoms with Gasteiger partial charge in [-0.1, -0.05) is 11.6 Å². The summed E-state index contributed by atoms with van der Waals surface area (Å²) >= 11 is 5.57. The van der Waals surface area contributed by atoms with Crippen molar-refractivity contribution in [2.45, 2.75) is 6.18 Å². The van der Waals surface area contributed by atoms with Gasteiger partial charge >= 0.3 is 12.1 Å². The Morgan fingerprint density at radius 1 is 1.08 bits per heavy atom. The molecule has 0 fully saturated rings. The predicted molar refractivity (Wildman–Crippen MR) is 81.8 cm³/mol. The average molecular weight is 376 g/mol. The van der Waals surface area contributed by atoms with Gasteiger partial charge in [-0.15, -0.1) is 0 Å². The first-order chi connectivity index (χ1) is 11.7. The molecule has 2 aromatic carbocycles. The number of amides is 1. The highest BCUT2D eigenvalue weighted by atomic mass is 35.5. The van der Waals surface area contributed by atoms with Crippen LogP contribution in [-0.2, 0) is 15.7 Å². The minimum Gasteiger partial charge on any atom is -0.452 e. The van der Waals surface area contributed by atoms with Crippen molar-refractivity contribution >= 4 is 29.2 Å². The second-order valence-corrected chi connectivity index (χ2v) is 5.26. The molecule has 0 radical (unpaired) electrons. The van der Waals surface area contributed by atoms with Gasteiger partial charge in [0, 0.05) is 5.02 Å². The summed E-state index contributed by atoms with van der Waals surface area (Å²) in [6.07, 6.45) is -4.52. The lowest BCUT2D eigenvalue weighted by Crippen LogP contribution is -2.21. The number of alkyl halides is 3. The number of hydrogen-bond donors (Lipinski definition) is 1. The number of carbonyl (C=O) groups excluding carboxylic acids is 2. The van der Waals surface area contributed by atoms with E-state index in [1.807, 2.05) is 0 Å². The van der Waals surface area contributed by atoms with E-state index in [4.69, 9.17) is 11.6 Å². The predicted octanol–water partition coefficient (Wildman–Crippen LogP) is 4.29. The molecule has 0 spiro atoms. The number of halogens is 5. The van der Waals surface area contributed by atoms with E-state index < -0.39 is 36.0 Å². The van der Waals surface area contributed by atoms with Crippen molar-refractivity contribution in [3.63, 3.8) is 0 Å². The van der Waals surface area contributed by atoms with Gasteiger partial charge in [-0.2, -0.15) is 13.2 Å². The number of carbonyl (C=O) groups is 2. The van der Waals surface area contributed by atoms with Gasteiger partial charge in [-0.25, -0.2) is 9.18 Å². The van der Waals surface area contributed by atoms with Crippen molar-refractivity contribution in [1.29, 1.82) is 0 Å². The third-order valence-corrected chi connectivity index (χ3v) is 3.22. The first kappa shape index (κ1) is 18.7. The third-order valence-electron chi connectivity index (χ3n) is 2.99. The van der Waals surface area contributed by atoms with Crippen LogP contribution in [0, 0.1) is 5.82 Å². The molecule has 0 unspecified atom stereocenters. The van der Waals surface area contributed by atoms with E-state index in [1.54, 1.807) is 0 Å². The van der Waals surface area contributed by atoms with Crippen LogP contribution in [0.15, 0.2) is 42.5 Å². The van der Waals surface area contributed by atoms with E-state index in [-0.39, 0.29) is 16.3 Å². The fourth-order valence-electron chi connectivity index (χ4n) is 1.79. The molecule has 1 amide bonds. The summed E-state index contributed by atoms with van der Waals surface area (Å²) < 4.78 is 55.5. The summed E-state index contributed by atoms with van der Waals surface area (Å²) in [6, 6.07) is 6.89. The van der Waals surface area contributed by atoms with Crippen LogP contribution in [0.3, 0.4) is 0 Å². The number of hydrogen-bond acceptors (Lipinski definition) is 3. The summed E-state index contributed by atoms with van der Waals surface area (Å²) in [6.45, 7) is -0.734. The molecule has 0 aliphatic carbocycles. The molecule has 0 saturated heterocycles. The van der Waals surface area contributed by atoms with E-state index >= 15 is 0 Å². The van der Waals surface area contributed by atoms with Crippen molar-refractivity contribution in [2.75, 3.05) is 11.9 Å². The van der Waals surface area contributed by atoms with Crippen LogP contribution in [-0.4, -0.2) is 18.5 Å². The fraction of sp³-hybridized carbons (Fsp3) is 0.125. The van der Waals surface area contributed by atoms with Gasteiger partial charge in [0.15, 0.2) is 6.61 Å². The largest absolute Gasteiger partial charge is 0.452 e. The third kappa shape index (κ3) is 5.18. The first-order valence-corrected chi connectivity index (χ1v) is 7.14. The fourth-order valence-corrected chi connectivity index (χ4v) is 1.95. The first-order valence-electron chi connectivity index (χ1n) is 6.76. The lowest BCUT2D eigenvalue weighted by Gasteiger charge is -2.09. The summed E-state index contributed by atoms with van der Waals surface area (Å²) in [7, 11) is 0. The van der Waals surface area contributed by atoms with Crippen LogP contribution in [0.2, 0.25) is 5.02 Å². The Morgan fingerprint density at radius 3 is 2.28 bits per heavy atom. The maximum Gasteiger partial charge on any atom is 0.416 e. The van der Waals surface area contributed by atoms with Gasteiger partial charge in [-0.05, 0) is 42.5 Å². The van der Waals surface area contributed by atoms with Crippen molar-refractivity contribution in [3.05, 3.63) is 64.4 Å². The van der Waals surface area contributed by atoms with Crippen LogP contribution >= 0.6 is 11.6 Å². The molecular weight excluding hydrogens is 366 g/mol. The molecule has 4 nitrogen and oxygen atoms in total. The standard InChI is InChI=1S/C16H10ClF4NO3/c17-11-5-6-13(12(18)7-11)22-14(23)8-25-15(24)9-1-3-10(4-2-9)16(19,20)21/h1-7H,8H2,(H,22,23). The molecule has 132 valence electrons. The zero-order chi connectivity index (χ0) is 18.6. The molecule has 0 heterocycles. The maximum absolute atomic E-state index is 13.5. The van der Waals surface area contributed by atoms with E-state index in [1.165, 1.54) is 12.1 Å². The SMILES string of the molecule is O=C(COC(=O)c1ccc(C(F)(F)F)cc1)Nc1ccc(Cl)cc1F. The Morgan fingerprint density at radius 2 is 1.72 bits per heavy atom. The Balaban J connectivity index is 1.92. The van der Waals surface area contributed by atoms with E-state index in [2.05, 4.69) is 10.1 Å². The second kappa shape index (κ2) is 7.52. The average Bonchev–Trinajstić information content (AvgIpc) is 2.54. The molecule has 0 aliphatic heterocycles. The van der Waals surface area contributed by atoms with Crippen LogP contribution in [0.1, 0.15) is 15.9 Å². The van der Waals surface area contributed by atoms with Crippen molar-refractivity contribution < 1.29 is 31.9 Å². The van der Waals surface area contributed by atoms with Crippen LogP contribution in [0.4, 0.5) is 23.2 Å². The van der Waals surface area contributed by atoms with Crippen molar-refractivity contribution in [3.8, 4) is 0 Å². The number of ether oxygens (including phenoxy) is 1. The molecule has 2 aromatic rings. The Kier molecular flexibility index (Phi) is 5.63. The number of nitrogens with one attached hydrogen (secondary N) is 1. The van der Waals surface area contributed by atoms with Crippen LogP contribution in [0.5, 0.6) is 0 Å². The quantitative estimate of drug-likeness (QED) is 0.640. The molecular formula is C16H10ClF4NO3. The highest BCUT2D eigenvalue weighted by molar-refractivity contribution is 6.30. The zero-order valence-electron chi connectivity index (χ0n) is 12.4. The van der Waals surface area contributed by atoms with Gasteiger partial charge in [0.1, 0.15) is 5.82 Å². The van der Waals surface area contributed by atoms with Gasteiger partial charge in [-0.3, -0.25) is 4.79 Å². The number of benzene rings is 2. The van der Waals surface area contributed by atoms with Gasteiger partial charge in [0.05, 0.1) is 16.8 Å². The Hall–Kier alpha value is -2.61. The molecule has 0 aliphatic rings. The second-order valence-electron chi connectivity index (χ2n) is 4.82. The zero-order valence-corrected chi connectivity index (χ0v) is 13.1. The molecule has 9 heteroatoms. The lowest BCUT2D eigenvalue weighted by atomic mass is 10.1. The summed E-state index contributed by atoms with van der Waals surface area (Å²) in [5.41, 5.74) is -1.22. The molecule has 25 heavy (non-hydrogen) atoms. The van der Waals surface area contributed by atoms with E-state index in [0.29, 0.717) is 0 Å². The lowest BCUT2D eigenvalue weighted by molar-refractivity contribution is -0.137. The number of esters is 1. The minimum absolute atomic E-state index is 0.143. The summed E-state index contributed by atoms with van der Waals surface area (Å²) in [4.78, 5) is 23.3.